The molecule has 0 radical (unpaired) electrons. The van der Waals surface area contributed by atoms with Gasteiger partial charge in [0.15, 0.2) is 6.10 Å². The Bertz CT molecular complexity index is 1310. The van der Waals surface area contributed by atoms with Crippen molar-refractivity contribution >= 4 is 27.5 Å². The van der Waals surface area contributed by atoms with Crippen molar-refractivity contribution in [3.05, 3.63) is 88.3 Å². The van der Waals surface area contributed by atoms with Crippen molar-refractivity contribution in [3.63, 3.8) is 0 Å². The van der Waals surface area contributed by atoms with Crippen LogP contribution in [0, 0.1) is 6.92 Å². The molecule has 0 fully saturated rings. The van der Waals surface area contributed by atoms with Gasteiger partial charge in [0.05, 0.1) is 5.71 Å². The summed E-state index contributed by atoms with van der Waals surface area (Å²) in [6.07, 6.45) is 0.525. The minimum Gasteiger partial charge on any atom is -0.489 e. The summed E-state index contributed by atoms with van der Waals surface area (Å²) in [5.74, 6) is 0.633. The first-order valence-electron chi connectivity index (χ1n) is 9.55. The Labute approximate surface area is 167 Å². The van der Waals surface area contributed by atoms with E-state index in [1.165, 1.54) is 16.8 Å². The number of ether oxygens (including phenoxy) is 1. The van der Waals surface area contributed by atoms with E-state index in [4.69, 9.17) is 14.0 Å². The molecule has 0 spiro atoms. The van der Waals surface area contributed by atoms with Gasteiger partial charge in [-0.05, 0) is 41.5 Å². The van der Waals surface area contributed by atoms with Gasteiger partial charge in [-0.2, -0.15) is 0 Å². The standard InChI is InChI=1S/C24H19NO4/c1-15-10-24(26)28-23-13-19(8-9-21(15)23)27-14-20-12-22(25-29-20)18-7-6-16-4-2-3-5-17(16)11-18/h2-11,13,20H,12,14H2,1H3. The van der Waals surface area contributed by atoms with Crippen molar-refractivity contribution in [2.24, 2.45) is 5.16 Å². The van der Waals surface area contributed by atoms with Crippen LogP contribution in [-0.2, 0) is 4.84 Å². The first kappa shape index (κ1) is 17.5. The topological polar surface area (TPSA) is 61.0 Å². The van der Waals surface area contributed by atoms with Crippen molar-refractivity contribution in [2.75, 3.05) is 6.61 Å². The van der Waals surface area contributed by atoms with Gasteiger partial charge in [0.2, 0.25) is 0 Å². The van der Waals surface area contributed by atoms with E-state index >= 15 is 0 Å². The number of nitrogens with zero attached hydrogens (tertiary/aromatic N) is 1. The van der Waals surface area contributed by atoms with Crippen molar-refractivity contribution in [3.8, 4) is 5.75 Å². The third-order valence-corrected chi connectivity index (χ3v) is 5.17. The number of fused-ring (bicyclic) bond motifs is 2. The maximum absolute atomic E-state index is 11.6. The van der Waals surface area contributed by atoms with Crippen molar-refractivity contribution in [1.82, 2.24) is 0 Å². The zero-order chi connectivity index (χ0) is 19.8. The van der Waals surface area contributed by atoms with Crippen LogP contribution in [0.2, 0.25) is 0 Å². The molecule has 29 heavy (non-hydrogen) atoms. The van der Waals surface area contributed by atoms with E-state index in [2.05, 4.69) is 35.5 Å². The van der Waals surface area contributed by atoms with Crippen LogP contribution in [0.15, 0.2) is 81.1 Å². The summed E-state index contributed by atoms with van der Waals surface area (Å²) in [6.45, 7) is 2.25. The Morgan fingerprint density at radius 2 is 1.90 bits per heavy atom. The molecule has 4 aromatic rings. The minimum absolute atomic E-state index is 0.156. The van der Waals surface area contributed by atoms with Gasteiger partial charge in [-0.25, -0.2) is 4.79 Å². The van der Waals surface area contributed by atoms with Gasteiger partial charge < -0.3 is 14.0 Å². The fraction of sp³-hybridized carbons (Fsp3) is 0.167. The van der Waals surface area contributed by atoms with Gasteiger partial charge in [-0.3, -0.25) is 0 Å². The number of hydrogen-bond donors (Lipinski definition) is 0. The molecule has 0 saturated heterocycles. The molecule has 0 bridgehead atoms. The lowest BCUT2D eigenvalue weighted by Crippen LogP contribution is -2.18. The maximum atomic E-state index is 11.6. The van der Waals surface area contributed by atoms with Crippen molar-refractivity contribution < 1.29 is 14.0 Å². The summed E-state index contributed by atoms with van der Waals surface area (Å²) in [4.78, 5) is 17.2. The summed E-state index contributed by atoms with van der Waals surface area (Å²) >= 11 is 0. The lowest BCUT2D eigenvalue weighted by Gasteiger charge is -2.11. The van der Waals surface area contributed by atoms with Crippen molar-refractivity contribution in [1.29, 1.82) is 0 Å². The summed E-state index contributed by atoms with van der Waals surface area (Å²) in [5.41, 5.74) is 3.03. The van der Waals surface area contributed by atoms with Gasteiger partial charge in [-0.15, -0.1) is 0 Å². The molecule has 1 aromatic heterocycles. The first-order valence-corrected chi connectivity index (χ1v) is 9.55. The molecule has 0 saturated carbocycles. The molecule has 5 rings (SSSR count). The molecule has 2 heterocycles. The van der Waals surface area contributed by atoms with Crippen LogP contribution in [0.5, 0.6) is 5.75 Å². The number of oxime groups is 1. The molecule has 3 aromatic carbocycles. The number of aryl methyl sites for hydroxylation is 1. The van der Waals surface area contributed by atoms with Crippen LogP contribution in [0.25, 0.3) is 21.7 Å². The predicted molar refractivity (Wildman–Crippen MR) is 113 cm³/mol. The minimum atomic E-state index is -0.361. The molecule has 0 aliphatic carbocycles. The summed E-state index contributed by atoms with van der Waals surface area (Å²) in [6, 6.07) is 21.5. The molecular weight excluding hydrogens is 366 g/mol. The molecule has 1 atom stereocenters. The Balaban J connectivity index is 1.27. The Morgan fingerprint density at radius 3 is 2.79 bits per heavy atom. The lowest BCUT2D eigenvalue weighted by molar-refractivity contribution is 0.0471. The quantitative estimate of drug-likeness (QED) is 0.472. The van der Waals surface area contributed by atoms with E-state index in [1.54, 1.807) is 6.07 Å². The molecule has 0 N–H and O–H groups in total. The molecule has 5 heteroatoms. The molecule has 1 aliphatic rings. The lowest BCUT2D eigenvalue weighted by atomic mass is 10.0. The zero-order valence-electron chi connectivity index (χ0n) is 15.9. The average molecular weight is 385 g/mol. The Kier molecular flexibility index (Phi) is 4.28. The van der Waals surface area contributed by atoms with Crippen LogP contribution >= 0.6 is 0 Å². The SMILES string of the molecule is Cc1cc(=O)oc2cc(OCC3CC(c4ccc5ccccc5c4)=NO3)ccc12. The highest BCUT2D eigenvalue weighted by Crippen LogP contribution is 2.24. The van der Waals surface area contributed by atoms with Gasteiger partial charge in [0, 0.05) is 29.5 Å². The molecule has 1 aliphatic heterocycles. The van der Waals surface area contributed by atoms with Crippen molar-refractivity contribution in [2.45, 2.75) is 19.4 Å². The van der Waals surface area contributed by atoms with Gasteiger partial charge >= 0.3 is 5.63 Å². The van der Waals surface area contributed by atoms with E-state index in [0.29, 0.717) is 24.4 Å². The van der Waals surface area contributed by atoms with Crippen LogP contribution in [0.1, 0.15) is 17.5 Å². The van der Waals surface area contributed by atoms with Crippen LogP contribution < -0.4 is 10.4 Å². The van der Waals surface area contributed by atoms with E-state index in [9.17, 15) is 4.79 Å². The Morgan fingerprint density at radius 1 is 1.03 bits per heavy atom. The monoisotopic (exact) mass is 385 g/mol. The first-order chi connectivity index (χ1) is 14.2. The van der Waals surface area contributed by atoms with Gasteiger partial charge in [-0.1, -0.05) is 41.6 Å². The third-order valence-electron chi connectivity index (χ3n) is 5.17. The van der Waals surface area contributed by atoms with Gasteiger partial charge in [0.1, 0.15) is 17.9 Å². The van der Waals surface area contributed by atoms with Gasteiger partial charge in [0.25, 0.3) is 0 Å². The fourth-order valence-electron chi connectivity index (χ4n) is 3.64. The second-order valence-corrected chi connectivity index (χ2v) is 7.25. The summed E-state index contributed by atoms with van der Waals surface area (Å²) in [5, 5.41) is 7.54. The summed E-state index contributed by atoms with van der Waals surface area (Å²) < 4.78 is 11.1. The highest BCUT2D eigenvalue weighted by Gasteiger charge is 2.23. The second-order valence-electron chi connectivity index (χ2n) is 7.25. The van der Waals surface area contributed by atoms with E-state index in [0.717, 1.165) is 22.2 Å². The predicted octanol–water partition coefficient (Wildman–Crippen LogP) is 4.83. The normalized spacial score (nSPS) is 16.0. The molecule has 0 amide bonds. The number of benzene rings is 3. The zero-order valence-corrected chi connectivity index (χ0v) is 15.9. The molecular formula is C24H19NO4. The smallest absolute Gasteiger partial charge is 0.336 e. The van der Waals surface area contributed by atoms with E-state index < -0.39 is 0 Å². The van der Waals surface area contributed by atoms with E-state index in [1.807, 2.05) is 31.2 Å². The number of hydrogen-bond acceptors (Lipinski definition) is 5. The van der Waals surface area contributed by atoms with Crippen LogP contribution in [0.4, 0.5) is 0 Å². The number of rotatable bonds is 4. The summed E-state index contributed by atoms with van der Waals surface area (Å²) in [7, 11) is 0. The fourth-order valence-corrected chi connectivity index (χ4v) is 3.64. The highest BCUT2D eigenvalue weighted by molar-refractivity contribution is 6.04. The largest absolute Gasteiger partial charge is 0.489 e. The molecule has 5 nitrogen and oxygen atoms in total. The maximum Gasteiger partial charge on any atom is 0.336 e. The second kappa shape index (κ2) is 7.09. The van der Waals surface area contributed by atoms with Crippen LogP contribution in [-0.4, -0.2) is 18.4 Å². The molecule has 1 unspecified atom stereocenters. The van der Waals surface area contributed by atoms with Crippen LogP contribution in [0.3, 0.4) is 0 Å². The third kappa shape index (κ3) is 3.47. The Hall–Kier alpha value is -3.60. The average Bonchev–Trinajstić information content (AvgIpc) is 3.20. The highest BCUT2D eigenvalue weighted by atomic mass is 16.7. The van der Waals surface area contributed by atoms with E-state index in [-0.39, 0.29) is 11.7 Å². The molecule has 144 valence electrons.